The van der Waals surface area contributed by atoms with Gasteiger partial charge in [-0.1, -0.05) is 36.2 Å². The highest BCUT2D eigenvalue weighted by atomic mass is 35.5. The maximum absolute atomic E-state index is 10.8. The number of rotatable bonds is 6. The molecule has 2 rings (SSSR count). The molecule has 4 nitrogen and oxygen atoms in total. The van der Waals surface area contributed by atoms with Crippen molar-refractivity contribution in [2.45, 2.75) is 6.92 Å². The summed E-state index contributed by atoms with van der Waals surface area (Å²) in [5.74, 6) is -0.276. The lowest BCUT2D eigenvalue weighted by atomic mass is 9.87. The van der Waals surface area contributed by atoms with Crippen LogP contribution in [-0.2, 0) is 4.79 Å². The van der Waals surface area contributed by atoms with E-state index in [2.05, 4.69) is 4.90 Å². The molecule has 1 aliphatic heterocycles. The average molecular weight is 318 g/mol. The van der Waals surface area contributed by atoms with Crippen molar-refractivity contribution in [3.63, 3.8) is 0 Å². The summed E-state index contributed by atoms with van der Waals surface area (Å²) >= 11 is 12.0. The van der Waals surface area contributed by atoms with Crippen LogP contribution < -0.4 is 4.74 Å². The molecular formula is C14H17Cl2NO3. The Kier molecular flexibility index (Phi) is 5.13. The molecule has 1 atom stereocenters. The van der Waals surface area contributed by atoms with Crippen molar-refractivity contribution in [2.24, 2.45) is 11.8 Å². The molecule has 1 saturated heterocycles. The molecule has 6 heteroatoms. The molecule has 1 N–H and O–H groups in total. The maximum atomic E-state index is 10.8. The highest BCUT2D eigenvalue weighted by molar-refractivity contribution is 6.37. The topological polar surface area (TPSA) is 49.8 Å². The number of ether oxygens (including phenoxy) is 1. The van der Waals surface area contributed by atoms with E-state index < -0.39 is 5.97 Å². The van der Waals surface area contributed by atoms with E-state index >= 15 is 0 Å². The minimum Gasteiger partial charge on any atom is -0.489 e. The Morgan fingerprint density at radius 3 is 2.60 bits per heavy atom. The molecule has 0 bridgehead atoms. The Morgan fingerprint density at radius 2 is 2.05 bits per heavy atom. The van der Waals surface area contributed by atoms with Gasteiger partial charge in [-0.15, -0.1) is 0 Å². The third-order valence-corrected chi connectivity index (χ3v) is 4.25. The summed E-state index contributed by atoms with van der Waals surface area (Å²) in [6, 6.07) is 5.23. The van der Waals surface area contributed by atoms with E-state index in [1.165, 1.54) is 0 Å². The van der Waals surface area contributed by atoms with Gasteiger partial charge < -0.3 is 9.84 Å². The van der Waals surface area contributed by atoms with Gasteiger partial charge in [0, 0.05) is 19.6 Å². The summed E-state index contributed by atoms with van der Waals surface area (Å²) in [5, 5.41) is 9.91. The number of halogens is 2. The normalized spacial score (nSPS) is 17.6. The fourth-order valence-electron chi connectivity index (χ4n) is 2.21. The quantitative estimate of drug-likeness (QED) is 0.876. The molecule has 1 heterocycles. The highest BCUT2D eigenvalue weighted by Crippen LogP contribution is 2.32. The van der Waals surface area contributed by atoms with E-state index in [-0.39, 0.29) is 11.8 Å². The van der Waals surface area contributed by atoms with Gasteiger partial charge in [0.1, 0.15) is 6.61 Å². The van der Waals surface area contributed by atoms with Gasteiger partial charge >= 0.3 is 5.97 Å². The average Bonchev–Trinajstić information content (AvgIpc) is 2.34. The van der Waals surface area contributed by atoms with E-state index in [0.29, 0.717) is 22.4 Å². The summed E-state index contributed by atoms with van der Waals surface area (Å²) in [6.07, 6.45) is 0. The first-order valence-electron chi connectivity index (χ1n) is 6.51. The van der Waals surface area contributed by atoms with Crippen LogP contribution in [0.3, 0.4) is 0 Å². The van der Waals surface area contributed by atoms with E-state index in [4.69, 9.17) is 33.0 Å². The summed E-state index contributed by atoms with van der Waals surface area (Å²) in [5.41, 5.74) is 0. The molecule has 0 saturated carbocycles. The van der Waals surface area contributed by atoms with E-state index in [9.17, 15) is 4.79 Å². The summed E-state index contributed by atoms with van der Waals surface area (Å²) < 4.78 is 5.60. The largest absolute Gasteiger partial charge is 0.489 e. The molecule has 1 fully saturated rings. The van der Waals surface area contributed by atoms with Crippen molar-refractivity contribution in [3.05, 3.63) is 28.2 Å². The number of nitrogens with zero attached hydrogens (tertiary/aromatic N) is 1. The Morgan fingerprint density at radius 1 is 1.45 bits per heavy atom. The Hall–Kier alpha value is -0.970. The first-order valence-corrected chi connectivity index (χ1v) is 7.26. The van der Waals surface area contributed by atoms with E-state index in [1.54, 1.807) is 25.1 Å². The standard InChI is InChI=1S/C14H17Cl2NO3/c1-9(14(18)19)10-7-17(8-10)5-6-20-13-11(15)3-2-4-12(13)16/h2-4,9-10H,5-8H2,1H3,(H,18,19). The summed E-state index contributed by atoms with van der Waals surface area (Å²) in [6.45, 7) is 4.58. The van der Waals surface area contributed by atoms with Crippen LogP contribution in [-0.4, -0.2) is 42.2 Å². The molecule has 110 valence electrons. The third-order valence-electron chi connectivity index (χ3n) is 3.65. The Labute approximate surface area is 128 Å². The van der Waals surface area contributed by atoms with Gasteiger partial charge in [-0.2, -0.15) is 0 Å². The number of likely N-dealkylation sites (tertiary alicyclic amines) is 1. The zero-order valence-corrected chi connectivity index (χ0v) is 12.7. The first-order chi connectivity index (χ1) is 9.49. The van der Waals surface area contributed by atoms with Crippen LogP contribution in [0, 0.1) is 11.8 Å². The number of para-hydroxylation sites is 1. The SMILES string of the molecule is CC(C(=O)O)C1CN(CCOc2c(Cl)cccc2Cl)C1. The molecule has 0 amide bonds. The highest BCUT2D eigenvalue weighted by Gasteiger charge is 2.34. The molecule has 0 radical (unpaired) electrons. The van der Waals surface area contributed by atoms with Crippen LogP contribution in [0.1, 0.15) is 6.92 Å². The molecule has 0 aliphatic carbocycles. The second kappa shape index (κ2) is 6.66. The minimum atomic E-state index is -0.728. The number of hydrogen-bond acceptors (Lipinski definition) is 3. The fraction of sp³-hybridized carbons (Fsp3) is 0.500. The summed E-state index contributed by atoms with van der Waals surface area (Å²) in [7, 11) is 0. The van der Waals surface area contributed by atoms with Gasteiger partial charge in [0.25, 0.3) is 0 Å². The zero-order valence-electron chi connectivity index (χ0n) is 11.2. The van der Waals surface area contributed by atoms with Gasteiger partial charge in [0.15, 0.2) is 5.75 Å². The zero-order chi connectivity index (χ0) is 14.7. The molecule has 0 aromatic heterocycles. The Bertz CT molecular complexity index is 469. The monoisotopic (exact) mass is 317 g/mol. The van der Waals surface area contributed by atoms with Gasteiger partial charge in [-0.05, 0) is 18.1 Å². The van der Waals surface area contributed by atoms with Crippen LogP contribution in [0.4, 0.5) is 0 Å². The second-order valence-electron chi connectivity index (χ2n) is 5.05. The molecule has 1 aliphatic rings. The van der Waals surface area contributed by atoms with Crippen LogP contribution in [0.25, 0.3) is 0 Å². The van der Waals surface area contributed by atoms with Crippen LogP contribution in [0.15, 0.2) is 18.2 Å². The van der Waals surface area contributed by atoms with Crippen molar-refractivity contribution in [2.75, 3.05) is 26.2 Å². The van der Waals surface area contributed by atoms with Crippen molar-refractivity contribution in [1.82, 2.24) is 4.90 Å². The number of carboxylic acids is 1. The van der Waals surface area contributed by atoms with Crippen molar-refractivity contribution in [1.29, 1.82) is 0 Å². The second-order valence-corrected chi connectivity index (χ2v) is 5.86. The van der Waals surface area contributed by atoms with Crippen molar-refractivity contribution in [3.8, 4) is 5.75 Å². The number of carboxylic acid groups (broad SMARTS) is 1. The lowest BCUT2D eigenvalue weighted by molar-refractivity contribution is -0.145. The fourth-order valence-corrected chi connectivity index (χ4v) is 2.71. The van der Waals surface area contributed by atoms with Crippen LogP contribution in [0.5, 0.6) is 5.75 Å². The van der Waals surface area contributed by atoms with Gasteiger partial charge in [0.2, 0.25) is 0 Å². The predicted octanol–water partition coefficient (Wildman–Crippen LogP) is 3.02. The van der Waals surface area contributed by atoms with Crippen molar-refractivity contribution >= 4 is 29.2 Å². The van der Waals surface area contributed by atoms with E-state index in [0.717, 1.165) is 19.6 Å². The van der Waals surface area contributed by atoms with Gasteiger partial charge in [-0.25, -0.2) is 0 Å². The number of carbonyl (C=O) groups is 1. The smallest absolute Gasteiger partial charge is 0.306 e. The number of benzene rings is 1. The van der Waals surface area contributed by atoms with Crippen LogP contribution in [0.2, 0.25) is 10.0 Å². The molecular weight excluding hydrogens is 301 g/mol. The molecule has 0 spiro atoms. The predicted molar refractivity (Wildman–Crippen MR) is 78.7 cm³/mol. The number of hydrogen-bond donors (Lipinski definition) is 1. The molecule has 1 aromatic carbocycles. The van der Waals surface area contributed by atoms with Gasteiger partial charge in [0.05, 0.1) is 16.0 Å². The van der Waals surface area contributed by atoms with Crippen LogP contribution >= 0.6 is 23.2 Å². The molecule has 1 aromatic rings. The lowest BCUT2D eigenvalue weighted by Crippen LogP contribution is -2.52. The summed E-state index contributed by atoms with van der Waals surface area (Å²) in [4.78, 5) is 13.0. The molecule has 1 unspecified atom stereocenters. The lowest BCUT2D eigenvalue weighted by Gasteiger charge is -2.41. The third kappa shape index (κ3) is 3.57. The minimum absolute atomic E-state index is 0.233. The van der Waals surface area contributed by atoms with Gasteiger partial charge in [-0.3, -0.25) is 9.69 Å². The first kappa shape index (κ1) is 15.4. The maximum Gasteiger partial charge on any atom is 0.306 e. The van der Waals surface area contributed by atoms with E-state index in [1.807, 2.05) is 0 Å². The number of aliphatic carboxylic acids is 1. The Balaban J connectivity index is 1.72. The molecule has 20 heavy (non-hydrogen) atoms. The van der Waals surface area contributed by atoms with Crippen molar-refractivity contribution < 1.29 is 14.6 Å².